The van der Waals surface area contributed by atoms with Gasteiger partial charge in [-0.3, -0.25) is 9.59 Å². The van der Waals surface area contributed by atoms with Crippen LogP contribution in [0.1, 0.15) is 17.5 Å². The predicted molar refractivity (Wildman–Crippen MR) is 69.9 cm³/mol. The van der Waals surface area contributed by atoms with Crippen LogP contribution in [-0.2, 0) is 11.3 Å². The topological polar surface area (TPSA) is 59.3 Å². The molecule has 0 saturated heterocycles. The molecule has 0 aliphatic heterocycles. The van der Waals surface area contributed by atoms with Crippen molar-refractivity contribution in [2.45, 2.75) is 26.8 Å². The van der Waals surface area contributed by atoms with Gasteiger partial charge in [0.25, 0.3) is 0 Å². The van der Waals surface area contributed by atoms with Gasteiger partial charge in [0.1, 0.15) is 0 Å². The molecule has 0 atom stereocenters. The normalized spacial score (nSPS) is 10.8. The van der Waals surface area contributed by atoms with Crippen LogP contribution in [0, 0.1) is 13.8 Å². The average Bonchev–Trinajstić information content (AvgIpc) is 2.28. The van der Waals surface area contributed by atoms with E-state index in [0.29, 0.717) is 11.9 Å². The van der Waals surface area contributed by atoms with Crippen LogP contribution in [0.15, 0.2) is 29.2 Å². The summed E-state index contributed by atoms with van der Waals surface area (Å²) in [4.78, 5) is 22.5. The van der Waals surface area contributed by atoms with Crippen molar-refractivity contribution in [2.24, 2.45) is 0 Å². The number of aromatic nitrogens is 1. The Bertz CT molecular complexity index is 671. The molecule has 1 heterocycles. The van der Waals surface area contributed by atoms with Gasteiger partial charge < -0.3 is 9.67 Å². The number of carboxylic acid groups (broad SMARTS) is 1. The number of benzene rings is 1. The second kappa shape index (κ2) is 4.64. The molecular formula is C14H15NO3. The van der Waals surface area contributed by atoms with E-state index in [4.69, 9.17) is 5.11 Å². The van der Waals surface area contributed by atoms with Gasteiger partial charge in [0, 0.05) is 24.2 Å². The van der Waals surface area contributed by atoms with Crippen LogP contribution in [0.4, 0.5) is 0 Å². The summed E-state index contributed by atoms with van der Waals surface area (Å²) in [5.74, 6) is -0.841. The molecule has 1 aromatic heterocycles. The Morgan fingerprint density at radius 3 is 2.72 bits per heavy atom. The number of aliphatic carboxylic acids is 1. The van der Waals surface area contributed by atoms with E-state index in [0.717, 1.165) is 16.6 Å². The molecule has 0 fully saturated rings. The van der Waals surface area contributed by atoms with E-state index >= 15 is 0 Å². The molecule has 0 amide bonds. The van der Waals surface area contributed by atoms with Crippen LogP contribution in [0.3, 0.4) is 0 Å². The third-order valence-electron chi connectivity index (χ3n) is 2.97. The molecule has 2 rings (SSSR count). The molecule has 2 aromatic rings. The molecule has 1 aromatic carbocycles. The number of carbonyl (C=O) groups is 1. The fourth-order valence-electron chi connectivity index (χ4n) is 2.25. The lowest BCUT2D eigenvalue weighted by atomic mass is 10.1. The van der Waals surface area contributed by atoms with Gasteiger partial charge >= 0.3 is 5.97 Å². The highest BCUT2D eigenvalue weighted by Crippen LogP contribution is 2.18. The lowest BCUT2D eigenvalue weighted by molar-refractivity contribution is -0.137. The molecule has 0 bridgehead atoms. The molecule has 0 spiro atoms. The summed E-state index contributed by atoms with van der Waals surface area (Å²) in [5, 5.41) is 9.39. The fourth-order valence-corrected chi connectivity index (χ4v) is 2.25. The highest BCUT2D eigenvalue weighted by Gasteiger charge is 2.07. The summed E-state index contributed by atoms with van der Waals surface area (Å²) in [6.07, 6.45) is 1.71. The molecule has 0 radical (unpaired) electrons. The monoisotopic (exact) mass is 245 g/mol. The van der Waals surface area contributed by atoms with Crippen molar-refractivity contribution in [1.29, 1.82) is 0 Å². The second-order valence-corrected chi connectivity index (χ2v) is 4.50. The SMILES string of the molecule is Cc1cc(C)c2c(c1)c(=O)ccn2CCC(=O)O. The van der Waals surface area contributed by atoms with Crippen LogP contribution < -0.4 is 5.43 Å². The molecule has 1 N–H and O–H groups in total. The van der Waals surface area contributed by atoms with E-state index in [1.807, 2.05) is 30.5 Å². The summed E-state index contributed by atoms with van der Waals surface area (Å²) >= 11 is 0. The van der Waals surface area contributed by atoms with Crippen molar-refractivity contribution in [3.05, 3.63) is 45.7 Å². The van der Waals surface area contributed by atoms with E-state index in [1.54, 1.807) is 6.20 Å². The quantitative estimate of drug-likeness (QED) is 0.900. The molecule has 0 aliphatic carbocycles. The van der Waals surface area contributed by atoms with Crippen LogP contribution >= 0.6 is 0 Å². The van der Waals surface area contributed by atoms with Crippen molar-refractivity contribution in [1.82, 2.24) is 4.57 Å². The number of fused-ring (bicyclic) bond motifs is 1. The Balaban J connectivity index is 2.65. The molecule has 0 aliphatic rings. The van der Waals surface area contributed by atoms with Crippen molar-refractivity contribution < 1.29 is 9.90 Å². The van der Waals surface area contributed by atoms with Crippen LogP contribution in [0.2, 0.25) is 0 Å². The standard InChI is InChI=1S/C14H15NO3/c1-9-7-10(2)14-11(8-9)12(16)3-5-15(14)6-4-13(17)18/h3,5,7-8H,4,6H2,1-2H3,(H,17,18). The summed E-state index contributed by atoms with van der Waals surface area (Å²) in [6.45, 7) is 4.25. The number of aryl methyl sites for hydroxylation is 3. The number of nitrogens with zero attached hydrogens (tertiary/aromatic N) is 1. The zero-order chi connectivity index (χ0) is 13.3. The maximum Gasteiger partial charge on any atom is 0.305 e. The first-order valence-electron chi connectivity index (χ1n) is 5.81. The number of hydrogen-bond donors (Lipinski definition) is 1. The average molecular weight is 245 g/mol. The molecular weight excluding hydrogens is 230 g/mol. The van der Waals surface area contributed by atoms with Gasteiger partial charge in [0.2, 0.25) is 0 Å². The number of pyridine rings is 1. The van der Waals surface area contributed by atoms with E-state index in [1.165, 1.54) is 6.07 Å². The first-order valence-corrected chi connectivity index (χ1v) is 5.81. The smallest absolute Gasteiger partial charge is 0.305 e. The number of carboxylic acids is 1. The van der Waals surface area contributed by atoms with Crippen molar-refractivity contribution in [3.63, 3.8) is 0 Å². The molecule has 0 saturated carbocycles. The minimum Gasteiger partial charge on any atom is -0.481 e. The molecule has 4 nitrogen and oxygen atoms in total. The number of rotatable bonds is 3. The minimum atomic E-state index is -0.841. The highest BCUT2D eigenvalue weighted by molar-refractivity contribution is 5.83. The van der Waals surface area contributed by atoms with Gasteiger partial charge in [-0.25, -0.2) is 0 Å². The molecule has 0 unspecified atom stereocenters. The summed E-state index contributed by atoms with van der Waals surface area (Å²) < 4.78 is 1.83. The van der Waals surface area contributed by atoms with Gasteiger partial charge in [-0.05, 0) is 31.0 Å². The van der Waals surface area contributed by atoms with Crippen molar-refractivity contribution in [2.75, 3.05) is 0 Å². The van der Waals surface area contributed by atoms with E-state index in [2.05, 4.69) is 0 Å². The highest BCUT2D eigenvalue weighted by atomic mass is 16.4. The van der Waals surface area contributed by atoms with E-state index in [9.17, 15) is 9.59 Å². The van der Waals surface area contributed by atoms with Gasteiger partial charge in [0.05, 0.1) is 11.9 Å². The predicted octanol–water partition coefficient (Wildman–Crippen LogP) is 2.09. The Labute approximate surface area is 104 Å². The molecule has 18 heavy (non-hydrogen) atoms. The van der Waals surface area contributed by atoms with Crippen LogP contribution in [0.5, 0.6) is 0 Å². The Kier molecular flexibility index (Phi) is 3.19. The number of hydrogen-bond acceptors (Lipinski definition) is 2. The first-order chi connectivity index (χ1) is 8.49. The first kappa shape index (κ1) is 12.4. The van der Waals surface area contributed by atoms with Gasteiger partial charge in [-0.1, -0.05) is 6.07 Å². The minimum absolute atomic E-state index is 0.0247. The van der Waals surface area contributed by atoms with Gasteiger partial charge in [0.15, 0.2) is 5.43 Å². The molecule has 4 heteroatoms. The molecule has 94 valence electrons. The second-order valence-electron chi connectivity index (χ2n) is 4.50. The lowest BCUT2D eigenvalue weighted by Gasteiger charge is -2.12. The largest absolute Gasteiger partial charge is 0.481 e. The van der Waals surface area contributed by atoms with E-state index in [-0.39, 0.29) is 11.8 Å². The maximum atomic E-state index is 11.8. The third-order valence-corrected chi connectivity index (χ3v) is 2.97. The summed E-state index contributed by atoms with van der Waals surface area (Å²) in [7, 11) is 0. The van der Waals surface area contributed by atoms with Gasteiger partial charge in [-0.2, -0.15) is 0 Å². The zero-order valence-electron chi connectivity index (χ0n) is 10.4. The lowest BCUT2D eigenvalue weighted by Crippen LogP contribution is -2.11. The van der Waals surface area contributed by atoms with Crippen LogP contribution in [-0.4, -0.2) is 15.6 Å². The summed E-state index contributed by atoms with van der Waals surface area (Å²) in [5.41, 5.74) is 2.83. The Morgan fingerprint density at radius 2 is 2.06 bits per heavy atom. The Morgan fingerprint density at radius 1 is 1.33 bits per heavy atom. The zero-order valence-corrected chi connectivity index (χ0v) is 10.4. The van der Waals surface area contributed by atoms with E-state index < -0.39 is 5.97 Å². The third kappa shape index (κ3) is 2.27. The van der Waals surface area contributed by atoms with Crippen molar-refractivity contribution in [3.8, 4) is 0 Å². The maximum absolute atomic E-state index is 11.8. The van der Waals surface area contributed by atoms with Crippen LogP contribution in [0.25, 0.3) is 10.9 Å². The van der Waals surface area contributed by atoms with Crippen molar-refractivity contribution >= 4 is 16.9 Å². The Hall–Kier alpha value is -2.10. The fraction of sp³-hybridized carbons (Fsp3) is 0.286. The summed E-state index contributed by atoms with van der Waals surface area (Å²) in [6, 6.07) is 5.34. The van der Waals surface area contributed by atoms with Gasteiger partial charge in [-0.15, -0.1) is 0 Å².